The Kier molecular flexibility index (Phi) is 14.0. The van der Waals surface area contributed by atoms with Gasteiger partial charge >= 0.3 is 0 Å². The molecule has 0 saturated heterocycles. The average molecular weight is 295 g/mol. The van der Waals surface area contributed by atoms with Crippen molar-refractivity contribution >= 4 is 0 Å². The Bertz CT molecular complexity index is 253. The van der Waals surface area contributed by atoms with Crippen LogP contribution in [0.1, 0.15) is 77.6 Å². The third-order valence-corrected chi connectivity index (χ3v) is 4.11. The second kappa shape index (κ2) is 14.4. The van der Waals surface area contributed by atoms with Gasteiger partial charge in [0.1, 0.15) is 0 Å². The Morgan fingerprint density at radius 1 is 0.714 bits per heavy atom. The van der Waals surface area contributed by atoms with Crippen LogP contribution in [0.4, 0.5) is 0 Å². The van der Waals surface area contributed by atoms with E-state index in [0.29, 0.717) is 0 Å². The van der Waals surface area contributed by atoms with E-state index in [2.05, 4.69) is 39.8 Å². The Labute approximate surface area is 134 Å². The fraction of sp³-hybridized carbons (Fsp3) is 0.800. The van der Waals surface area contributed by atoms with Crippen LogP contribution < -0.4 is 0 Å². The molecule has 1 nitrogen and oxygen atoms in total. The molecule has 0 heterocycles. The lowest BCUT2D eigenvalue weighted by molar-refractivity contribution is -0.878. The standard InChI is InChI=1S/C20H40N/c1-5-7-8-9-10-11-12-13-14-15-16-17-18-20-21(3,4)19-6-2/h6,17-18H,2,5,7-16,19-20H2,1,3-4H3/q+1. The van der Waals surface area contributed by atoms with Gasteiger partial charge in [-0.3, -0.25) is 0 Å². The van der Waals surface area contributed by atoms with Crippen molar-refractivity contribution in [2.75, 3.05) is 27.2 Å². The predicted molar refractivity (Wildman–Crippen MR) is 97.6 cm³/mol. The Morgan fingerprint density at radius 3 is 1.76 bits per heavy atom. The topological polar surface area (TPSA) is 0 Å². The van der Waals surface area contributed by atoms with Gasteiger partial charge in [-0.15, -0.1) is 0 Å². The van der Waals surface area contributed by atoms with Gasteiger partial charge in [-0.2, -0.15) is 0 Å². The number of hydrogen-bond donors (Lipinski definition) is 0. The van der Waals surface area contributed by atoms with E-state index in [0.717, 1.165) is 17.6 Å². The van der Waals surface area contributed by atoms with Gasteiger partial charge in [0, 0.05) is 0 Å². The quantitative estimate of drug-likeness (QED) is 0.194. The van der Waals surface area contributed by atoms with Crippen LogP contribution in [0.15, 0.2) is 24.8 Å². The summed E-state index contributed by atoms with van der Waals surface area (Å²) in [5.41, 5.74) is 0. The summed E-state index contributed by atoms with van der Waals surface area (Å²) in [7, 11) is 4.51. The Balaban J connectivity index is 3.27. The zero-order chi connectivity index (χ0) is 15.8. The molecule has 0 aliphatic carbocycles. The molecule has 0 aromatic carbocycles. The Hall–Kier alpha value is -0.560. The largest absolute Gasteiger partial charge is 0.322 e. The first-order valence-corrected chi connectivity index (χ1v) is 9.20. The molecule has 0 aromatic heterocycles. The molecule has 0 saturated carbocycles. The molecule has 0 radical (unpaired) electrons. The minimum atomic E-state index is 1.01. The summed E-state index contributed by atoms with van der Waals surface area (Å²) < 4.78 is 1.01. The molecule has 1 heteroatoms. The number of quaternary nitrogens is 1. The highest BCUT2D eigenvalue weighted by Crippen LogP contribution is 2.11. The van der Waals surface area contributed by atoms with Crippen molar-refractivity contribution < 1.29 is 4.48 Å². The van der Waals surface area contributed by atoms with Gasteiger partial charge in [0.2, 0.25) is 0 Å². The van der Waals surface area contributed by atoms with Crippen LogP contribution in [0.25, 0.3) is 0 Å². The minimum Gasteiger partial charge on any atom is -0.322 e. The third kappa shape index (κ3) is 15.6. The molecule has 21 heavy (non-hydrogen) atoms. The molecule has 0 aromatic rings. The maximum Gasteiger partial charge on any atom is 0.0972 e. The highest BCUT2D eigenvalue weighted by atomic mass is 15.3. The minimum absolute atomic E-state index is 1.01. The molecule has 0 bridgehead atoms. The number of hydrogen-bond acceptors (Lipinski definition) is 0. The second-order valence-electron chi connectivity index (χ2n) is 7.03. The number of allylic oxidation sites excluding steroid dienone is 1. The molecule has 0 atom stereocenters. The first-order chi connectivity index (χ1) is 10.1. The number of unbranched alkanes of at least 4 members (excludes halogenated alkanes) is 10. The average Bonchev–Trinajstić information content (AvgIpc) is 2.44. The fourth-order valence-electron chi connectivity index (χ4n) is 2.65. The monoisotopic (exact) mass is 294 g/mol. The van der Waals surface area contributed by atoms with Crippen molar-refractivity contribution in [1.82, 2.24) is 0 Å². The lowest BCUT2D eigenvalue weighted by Gasteiger charge is -2.26. The second-order valence-corrected chi connectivity index (χ2v) is 7.03. The van der Waals surface area contributed by atoms with Gasteiger partial charge in [-0.1, -0.05) is 77.4 Å². The van der Waals surface area contributed by atoms with Crippen LogP contribution in [-0.2, 0) is 0 Å². The maximum absolute atomic E-state index is 3.82. The smallest absolute Gasteiger partial charge is 0.0972 e. The van der Waals surface area contributed by atoms with E-state index in [-0.39, 0.29) is 0 Å². The Morgan fingerprint density at radius 2 is 1.24 bits per heavy atom. The molecule has 0 spiro atoms. The van der Waals surface area contributed by atoms with Crippen molar-refractivity contribution in [2.45, 2.75) is 77.6 Å². The van der Waals surface area contributed by atoms with E-state index >= 15 is 0 Å². The summed E-state index contributed by atoms with van der Waals surface area (Å²) >= 11 is 0. The van der Waals surface area contributed by atoms with Crippen molar-refractivity contribution in [3.05, 3.63) is 24.8 Å². The first-order valence-electron chi connectivity index (χ1n) is 9.20. The van der Waals surface area contributed by atoms with Crippen molar-refractivity contribution in [1.29, 1.82) is 0 Å². The van der Waals surface area contributed by atoms with E-state index in [1.165, 1.54) is 70.6 Å². The normalized spacial score (nSPS) is 12.1. The lowest BCUT2D eigenvalue weighted by Crippen LogP contribution is -2.39. The molecule has 0 amide bonds. The molecule has 0 fully saturated rings. The summed E-state index contributed by atoms with van der Waals surface area (Å²) in [6.45, 7) is 8.26. The molecule has 0 N–H and O–H groups in total. The van der Waals surface area contributed by atoms with Crippen molar-refractivity contribution in [3.8, 4) is 0 Å². The molecule has 0 aliphatic rings. The molecule has 0 rings (SSSR count). The van der Waals surface area contributed by atoms with Crippen LogP contribution in [0.2, 0.25) is 0 Å². The van der Waals surface area contributed by atoms with Crippen LogP contribution in [-0.4, -0.2) is 31.7 Å². The number of likely N-dealkylation sites (N-methyl/N-ethyl adjacent to an activating group) is 1. The summed E-state index contributed by atoms with van der Waals surface area (Å²) in [6, 6.07) is 0. The lowest BCUT2D eigenvalue weighted by atomic mass is 10.1. The zero-order valence-corrected chi connectivity index (χ0v) is 15.1. The van der Waals surface area contributed by atoms with E-state index < -0.39 is 0 Å². The van der Waals surface area contributed by atoms with Gasteiger partial charge < -0.3 is 4.48 Å². The molecule has 0 unspecified atom stereocenters. The van der Waals surface area contributed by atoms with Crippen LogP contribution >= 0.6 is 0 Å². The molecular formula is C20H40N+. The molecule has 0 aliphatic heterocycles. The molecule has 124 valence electrons. The van der Waals surface area contributed by atoms with Gasteiger partial charge in [-0.25, -0.2) is 0 Å². The summed E-state index contributed by atoms with van der Waals surface area (Å²) in [5.74, 6) is 0. The van der Waals surface area contributed by atoms with E-state index in [4.69, 9.17) is 0 Å². The predicted octanol–water partition coefficient (Wildman–Crippen LogP) is 6.12. The highest BCUT2D eigenvalue weighted by Gasteiger charge is 2.08. The fourth-order valence-corrected chi connectivity index (χ4v) is 2.65. The van der Waals surface area contributed by atoms with E-state index in [1.807, 2.05) is 6.08 Å². The zero-order valence-electron chi connectivity index (χ0n) is 15.1. The summed E-state index contributed by atoms with van der Waals surface area (Å²) in [6.07, 6.45) is 22.2. The van der Waals surface area contributed by atoms with Crippen molar-refractivity contribution in [3.63, 3.8) is 0 Å². The van der Waals surface area contributed by atoms with Gasteiger partial charge in [0.15, 0.2) is 0 Å². The van der Waals surface area contributed by atoms with Gasteiger partial charge in [-0.05, 0) is 25.0 Å². The van der Waals surface area contributed by atoms with Crippen LogP contribution in [0.3, 0.4) is 0 Å². The van der Waals surface area contributed by atoms with Crippen LogP contribution in [0.5, 0.6) is 0 Å². The highest BCUT2D eigenvalue weighted by molar-refractivity contribution is 4.82. The van der Waals surface area contributed by atoms with Crippen LogP contribution in [0, 0.1) is 0 Å². The summed E-state index contributed by atoms with van der Waals surface area (Å²) in [4.78, 5) is 0. The van der Waals surface area contributed by atoms with E-state index in [1.54, 1.807) is 0 Å². The maximum atomic E-state index is 3.82. The van der Waals surface area contributed by atoms with Crippen molar-refractivity contribution in [2.24, 2.45) is 0 Å². The number of rotatable bonds is 15. The summed E-state index contributed by atoms with van der Waals surface area (Å²) in [5, 5.41) is 0. The van der Waals surface area contributed by atoms with Gasteiger partial charge in [0.25, 0.3) is 0 Å². The number of nitrogens with zero attached hydrogens (tertiary/aromatic N) is 1. The third-order valence-electron chi connectivity index (χ3n) is 4.11. The molecular weight excluding hydrogens is 254 g/mol. The van der Waals surface area contributed by atoms with Gasteiger partial charge in [0.05, 0.1) is 27.2 Å². The SMILES string of the molecule is C=CC[N+](C)(C)CC=CCCCCCCCCCCCC. The first kappa shape index (κ1) is 20.4. The van der Waals surface area contributed by atoms with E-state index in [9.17, 15) is 0 Å².